The van der Waals surface area contributed by atoms with Crippen LogP contribution < -0.4 is 4.90 Å². The highest BCUT2D eigenvalue weighted by Gasteiger charge is 2.30. The second-order valence-electron chi connectivity index (χ2n) is 7.20. The van der Waals surface area contributed by atoms with Crippen LogP contribution in [0.4, 0.5) is 5.69 Å². The Morgan fingerprint density at radius 3 is 2.92 bits per heavy atom. The molecular weight excluding hydrogens is 322 g/mol. The molecule has 4 rings (SSSR count). The van der Waals surface area contributed by atoms with Gasteiger partial charge in [0.25, 0.3) is 0 Å². The number of para-hydroxylation sites is 1. The van der Waals surface area contributed by atoms with Gasteiger partial charge in [-0.2, -0.15) is 5.10 Å². The Kier molecular flexibility index (Phi) is 3.87. The van der Waals surface area contributed by atoms with Gasteiger partial charge >= 0.3 is 0 Å². The van der Waals surface area contributed by atoms with Gasteiger partial charge in [0.15, 0.2) is 9.84 Å². The minimum atomic E-state index is -2.88. The number of hydrogen-bond donors (Lipinski definition) is 0. The molecule has 0 unspecified atom stereocenters. The lowest BCUT2D eigenvalue weighted by Gasteiger charge is -2.34. The van der Waals surface area contributed by atoms with Gasteiger partial charge in [-0.3, -0.25) is 4.68 Å². The summed E-state index contributed by atoms with van der Waals surface area (Å²) in [6.07, 6.45) is 5.71. The van der Waals surface area contributed by atoms with Crippen molar-refractivity contribution in [3.63, 3.8) is 0 Å². The molecule has 1 aromatic carbocycles. The summed E-state index contributed by atoms with van der Waals surface area (Å²) >= 11 is 0. The number of sulfone groups is 1. The van der Waals surface area contributed by atoms with E-state index in [4.69, 9.17) is 0 Å². The van der Waals surface area contributed by atoms with Gasteiger partial charge in [-0.15, -0.1) is 0 Å². The van der Waals surface area contributed by atoms with Crippen molar-refractivity contribution in [1.82, 2.24) is 9.78 Å². The molecule has 0 aliphatic carbocycles. The number of nitrogens with zero attached hydrogens (tertiary/aromatic N) is 3. The van der Waals surface area contributed by atoms with Crippen LogP contribution in [0.2, 0.25) is 0 Å². The zero-order chi connectivity index (χ0) is 16.7. The molecule has 3 heterocycles. The van der Waals surface area contributed by atoms with Crippen molar-refractivity contribution in [3.8, 4) is 0 Å². The Labute approximate surface area is 143 Å². The average Bonchev–Trinajstić information content (AvgIpc) is 3.13. The molecule has 1 aromatic heterocycles. The molecule has 128 valence electrons. The summed E-state index contributed by atoms with van der Waals surface area (Å²) in [7, 11) is -2.88. The Morgan fingerprint density at radius 2 is 2.12 bits per heavy atom. The monoisotopic (exact) mass is 345 g/mol. The van der Waals surface area contributed by atoms with E-state index in [1.54, 1.807) is 0 Å². The normalized spacial score (nSPS) is 25.6. The molecule has 2 aliphatic heterocycles. The Balaban J connectivity index is 1.53. The Hall–Kier alpha value is -1.82. The molecule has 6 heteroatoms. The zero-order valence-corrected chi connectivity index (χ0v) is 14.7. The third kappa shape index (κ3) is 3.07. The zero-order valence-electron chi connectivity index (χ0n) is 13.9. The first-order chi connectivity index (χ1) is 11.5. The summed E-state index contributed by atoms with van der Waals surface area (Å²) in [4.78, 5) is 2.41. The molecule has 5 nitrogen and oxygen atoms in total. The summed E-state index contributed by atoms with van der Waals surface area (Å²) in [5.74, 6) is 1.14. The fraction of sp³-hybridized carbons (Fsp3) is 0.500. The fourth-order valence-electron chi connectivity index (χ4n) is 3.92. The van der Waals surface area contributed by atoms with Gasteiger partial charge in [-0.25, -0.2) is 8.42 Å². The maximum Gasteiger partial charge on any atom is 0.152 e. The Bertz CT molecular complexity index is 843. The van der Waals surface area contributed by atoms with Crippen LogP contribution in [0, 0.1) is 5.92 Å². The summed E-state index contributed by atoms with van der Waals surface area (Å²) in [5, 5.41) is 4.43. The largest absolute Gasteiger partial charge is 0.367 e. The second-order valence-corrected chi connectivity index (χ2v) is 9.43. The SMILES string of the molecule is C[C@@H]1Cc2ccccc2N(Cc2cnn([C@H]3CCS(=O)(=O)C3)c2)C1. The van der Waals surface area contributed by atoms with Crippen molar-refractivity contribution >= 4 is 15.5 Å². The first-order valence-corrected chi connectivity index (χ1v) is 10.4. The molecule has 0 amide bonds. The molecule has 0 radical (unpaired) electrons. The van der Waals surface area contributed by atoms with Gasteiger partial charge in [-0.1, -0.05) is 25.1 Å². The lowest BCUT2D eigenvalue weighted by molar-refractivity contribution is 0.498. The van der Waals surface area contributed by atoms with Crippen molar-refractivity contribution in [2.24, 2.45) is 5.92 Å². The molecule has 1 saturated heterocycles. The molecule has 2 aliphatic rings. The van der Waals surface area contributed by atoms with E-state index in [0.29, 0.717) is 12.3 Å². The van der Waals surface area contributed by atoms with E-state index < -0.39 is 9.84 Å². The summed E-state index contributed by atoms with van der Waals surface area (Å²) in [6.45, 7) is 4.15. The molecule has 24 heavy (non-hydrogen) atoms. The summed E-state index contributed by atoms with van der Waals surface area (Å²) < 4.78 is 25.2. The van der Waals surface area contributed by atoms with E-state index in [2.05, 4.69) is 41.2 Å². The predicted octanol–water partition coefficient (Wildman–Crippen LogP) is 2.44. The highest BCUT2D eigenvalue weighted by Crippen LogP contribution is 2.31. The summed E-state index contributed by atoms with van der Waals surface area (Å²) in [6, 6.07) is 8.60. The van der Waals surface area contributed by atoms with Crippen LogP contribution in [-0.4, -0.2) is 36.2 Å². The Morgan fingerprint density at radius 1 is 1.29 bits per heavy atom. The first kappa shape index (κ1) is 15.7. The molecule has 2 atom stereocenters. The minimum absolute atomic E-state index is 0.00341. The van der Waals surface area contributed by atoms with Crippen LogP contribution in [0.5, 0.6) is 0 Å². The highest BCUT2D eigenvalue weighted by atomic mass is 32.2. The van der Waals surface area contributed by atoms with Gasteiger partial charge in [0.2, 0.25) is 0 Å². The number of hydrogen-bond acceptors (Lipinski definition) is 4. The van der Waals surface area contributed by atoms with E-state index in [1.165, 1.54) is 11.3 Å². The fourth-order valence-corrected chi connectivity index (χ4v) is 5.62. The summed E-state index contributed by atoms with van der Waals surface area (Å²) in [5.41, 5.74) is 3.86. The van der Waals surface area contributed by atoms with Crippen molar-refractivity contribution in [3.05, 3.63) is 47.8 Å². The van der Waals surface area contributed by atoms with Crippen LogP contribution in [-0.2, 0) is 22.8 Å². The van der Waals surface area contributed by atoms with Gasteiger partial charge < -0.3 is 4.90 Å². The molecule has 2 aromatic rings. The van der Waals surface area contributed by atoms with Gasteiger partial charge in [-0.05, 0) is 30.4 Å². The molecule has 1 fully saturated rings. The maximum atomic E-state index is 11.7. The molecule has 0 N–H and O–H groups in total. The van der Waals surface area contributed by atoms with Crippen LogP contribution in [0.1, 0.15) is 30.5 Å². The highest BCUT2D eigenvalue weighted by molar-refractivity contribution is 7.91. The lowest BCUT2D eigenvalue weighted by atomic mass is 9.94. The molecule has 0 bridgehead atoms. The standard InChI is InChI=1S/C18H23N3O2S/c1-14-8-16-4-2-3-5-18(16)20(10-14)11-15-9-19-21(12-15)17-6-7-24(22,23)13-17/h2-5,9,12,14,17H,6-8,10-11,13H2,1H3/t14-,17+/m1/s1. The van der Waals surface area contributed by atoms with E-state index in [-0.39, 0.29) is 17.5 Å². The van der Waals surface area contributed by atoms with Crippen LogP contribution >= 0.6 is 0 Å². The molecular formula is C18H23N3O2S. The lowest BCUT2D eigenvalue weighted by Crippen LogP contribution is -2.33. The van der Waals surface area contributed by atoms with E-state index in [1.807, 2.05) is 17.1 Å². The minimum Gasteiger partial charge on any atom is -0.367 e. The predicted molar refractivity (Wildman–Crippen MR) is 94.9 cm³/mol. The van der Waals surface area contributed by atoms with Crippen molar-refractivity contribution in [1.29, 1.82) is 0 Å². The number of benzene rings is 1. The van der Waals surface area contributed by atoms with E-state index in [9.17, 15) is 8.42 Å². The third-order valence-electron chi connectivity index (χ3n) is 5.04. The van der Waals surface area contributed by atoms with Crippen molar-refractivity contribution in [2.45, 2.75) is 32.4 Å². The number of fused-ring (bicyclic) bond motifs is 1. The second kappa shape index (κ2) is 5.92. The maximum absolute atomic E-state index is 11.7. The third-order valence-corrected chi connectivity index (χ3v) is 6.79. The number of anilines is 1. The first-order valence-electron chi connectivity index (χ1n) is 8.56. The molecule has 0 spiro atoms. The molecule has 0 saturated carbocycles. The van der Waals surface area contributed by atoms with E-state index in [0.717, 1.165) is 25.1 Å². The van der Waals surface area contributed by atoms with Crippen LogP contribution in [0.3, 0.4) is 0 Å². The van der Waals surface area contributed by atoms with Crippen LogP contribution in [0.25, 0.3) is 0 Å². The topological polar surface area (TPSA) is 55.2 Å². The van der Waals surface area contributed by atoms with Gasteiger partial charge in [0.05, 0.1) is 23.7 Å². The van der Waals surface area contributed by atoms with Crippen LogP contribution in [0.15, 0.2) is 36.7 Å². The smallest absolute Gasteiger partial charge is 0.152 e. The number of aromatic nitrogens is 2. The quantitative estimate of drug-likeness (QED) is 0.857. The average molecular weight is 345 g/mol. The van der Waals surface area contributed by atoms with E-state index >= 15 is 0 Å². The van der Waals surface area contributed by atoms with Crippen molar-refractivity contribution < 1.29 is 8.42 Å². The van der Waals surface area contributed by atoms with Gasteiger partial charge in [0.1, 0.15) is 0 Å². The van der Waals surface area contributed by atoms with Gasteiger partial charge in [0, 0.05) is 30.5 Å². The van der Waals surface area contributed by atoms with Crippen molar-refractivity contribution in [2.75, 3.05) is 23.0 Å². The number of rotatable bonds is 3.